The van der Waals surface area contributed by atoms with E-state index in [-0.39, 0.29) is 9.13 Å². The normalized spacial score (nSPS) is 11.6. The molecule has 0 unspecified atom stereocenters. The smallest absolute Gasteiger partial charge is 0.294 e. The Labute approximate surface area is 96.6 Å². The average molecular weight is 332 g/mol. The van der Waals surface area contributed by atoms with Crippen LogP contribution in [-0.2, 0) is 6.18 Å². The molecule has 1 rings (SSSR count). The van der Waals surface area contributed by atoms with E-state index in [0.717, 1.165) is 13.0 Å². The van der Waals surface area contributed by atoms with Crippen LogP contribution < -0.4 is 0 Å². The molecular formula is C9H5F4IO. The van der Waals surface area contributed by atoms with Crippen LogP contribution in [0.4, 0.5) is 17.6 Å². The van der Waals surface area contributed by atoms with Gasteiger partial charge in [-0.05, 0) is 41.6 Å². The van der Waals surface area contributed by atoms with Crippen LogP contribution in [0.25, 0.3) is 0 Å². The molecule has 0 atom stereocenters. The third-order valence-electron chi connectivity index (χ3n) is 1.74. The van der Waals surface area contributed by atoms with E-state index in [9.17, 15) is 22.4 Å². The summed E-state index contributed by atoms with van der Waals surface area (Å²) in [4.78, 5) is 10.9. The minimum Gasteiger partial charge on any atom is -0.294 e. The molecule has 0 radical (unpaired) electrons. The van der Waals surface area contributed by atoms with Gasteiger partial charge in [-0.2, -0.15) is 13.2 Å². The average Bonchev–Trinajstić information content (AvgIpc) is 2.06. The van der Waals surface area contributed by atoms with Crippen molar-refractivity contribution < 1.29 is 22.4 Å². The van der Waals surface area contributed by atoms with Crippen molar-refractivity contribution >= 4 is 28.4 Å². The fourth-order valence-corrected chi connectivity index (χ4v) is 1.81. The summed E-state index contributed by atoms with van der Waals surface area (Å²) in [6.07, 6.45) is -4.60. The SMILES string of the molecule is CC(=O)c1cc(I)c(C(F)(F)F)cc1F. The number of halogens is 5. The Bertz CT molecular complexity index is 411. The molecule has 0 bridgehead atoms. The van der Waals surface area contributed by atoms with E-state index in [4.69, 9.17) is 0 Å². The zero-order valence-corrected chi connectivity index (χ0v) is 9.61. The van der Waals surface area contributed by atoms with Crippen LogP contribution in [0.5, 0.6) is 0 Å². The van der Waals surface area contributed by atoms with Gasteiger partial charge < -0.3 is 0 Å². The number of ketones is 1. The Morgan fingerprint density at radius 3 is 2.27 bits per heavy atom. The second-order valence-electron chi connectivity index (χ2n) is 2.87. The van der Waals surface area contributed by atoms with E-state index in [1.807, 2.05) is 0 Å². The van der Waals surface area contributed by atoms with Gasteiger partial charge >= 0.3 is 6.18 Å². The van der Waals surface area contributed by atoms with Gasteiger partial charge in [0.1, 0.15) is 5.82 Å². The van der Waals surface area contributed by atoms with Crippen LogP contribution in [-0.4, -0.2) is 5.78 Å². The summed E-state index contributed by atoms with van der Waals surface area (Å²) in [5.41, 5.74) is -1.39. The molecule has 82 valence electrons. The molecule has 0 spiro atoms. The zero-order valence-electron chi connectivity index (χ0n) is 7.45. The number of carbonyl (C=O) groups is 1. The van der Waals surface area contributed by atoms with Gasteiger partial charge in [-0.1, -0.05) is 0 Å². The highest BCUT2D eigenvalue weighted by molar-refractivity contribution is 14.1. The first kappa shape index (κ1) is 12.4. The van der Waals surface area contributed by atoms with Crippen molar-refractivity contribution in [1.29, 1.82) is 0 Å². The summed E-state index contributed by atoms with van der Waals surface area (Å²) in [5, 5.41) is 0. The molecule has 0 aliphatic rings. The molecule has 0 saturated carbocycles. The third kappa shape index (κ3) is 2.67. The number of Topliss-reactive ketones (excluding diaryl/α,β-unsaturated/α-hetero) is 1. The van der Waals surface area contributed by atoms with Gasteiger partial charge in [-0.25, -0.2) is 4.39 Å². The molecule has 0 fully saturated rings. The van der Waals surface area contributed by atoms with E-state index in [0.29, 0.717) is 6.07 Å². The fourth-order valence-electron chi connectivity index (χ4n) is 1.03. The van der Waals surface area contributed by atoms with Crippen molar-refractivity contribution in [1.82, 2.24) is 0 Å². The van der Waals surface area contributed by atoms with Gasteiger partial charge in [0.15, 0.2) is 5.78 Å². The van der Waals surface area contributed by atoms with Gasteiger partial charge in [0.05, 0.1) is 11.1 Å². The van der Waals surface area contributed by atoms with E-state index in [2.05, 4.69) is 0 Å². The van der Waals surface area contributed by atoms with Crippen LogP contribution in [0, 0.1) is 9.39 Å². The molecule has 0 N–H and O–H groups in total. The summed E-state index contributed by atoms with van der Waals surface area (Å²) < 4.78 is 49.8. The molecule has 1 aromatic rings. The lowest BCUT2D eigenvalue weighted by molar-refractivity contribution is -0.138. The molecule has 15 heavy (non-hydrogen) atoms. The Morgan fingerprint density at radius 2 is 1.87 bits per heavy atom. The molecule has 0 aromatic heterocycles. The van der Waals surface area contributed by atoms with Crippen molar-refractivity contribution in [2.24, 2.45) is 0 Å². The number of hydrogen-bond donors (Lipinski definition) is 0. The minimum absolute atomic E-state index is 0.188. The predicted molar refractivity (Wildman–Crippen MR) is 54.1 cm³/mol. The lowest BCUT2D eigenvalue weighted by atomic mass is 10.1. The second kappa shape index (κ2) is 4.07. The number of alkyl halides is 3. The van der Waals surface area contributed by atoms with Crippen LogP contribution in [0.15, 0.2) is 12.1 Å². The van der Waals surface area contributed by atoms with Gasteiger partial charge in [0.25, 0.3) is 0 Å². The number of benzene rings is 1. The van der Waals surface area contributed by atoms with Crippen LogP contribution in [0.2, 0.25) is 0 Å². The fraction of sp³-hybridized carbons (Fsp3) is 0.222. The molecule has 0 saturated heterocycles. The molecule has 1 nitrogen and oxygen atoms in total. The summed E-state index contributed by atoms with van der Waals surface area (Å²) >= 11 is 1.42. The predicted octanol–water partition coefficient (Wildman–Crippen LogP) is 3.65. The molecule has 1 aromatic carbocycles. The zero-order chi connectivity index (χ0) is 11.8. The Morgan fingerprint density at radius 1 is 1.33 bits per heavy atom. The van der Waals surface area contributed by atoms with Gasteiger partial charge in [-0.15, -0.1) is 0 Å². The standard InChI is InChI=1S/C9H5F4IO/c1-4(15)5-2-8(14)6(3-7(5)10)9(11,12)13/h2-3H,1H3. The molecular weight excluding hydrogens is 327 g/mol. The minimum atomic E-state index is -4.60. The lowest BCUT2D eigenvalue weighted by Crippen LogP contribution is -2.10. The molecule has 0 heterocycles. The van der Waals surface area contributed by atoms with E-state index in [1.54, 1.807) is 0 Å². The number of carbonyl (C=O) groups excluding carboxylic acids is 1. The van der Waals surface area contributed by atoms with E-state index < -0.39 is 23.3 Å². The highest BCUT2D eigenvalue weighted by Gasteiger charge is 2.34. The third-order valence-corrected chi connectivity index (χ3v) is 2.63. The molecule has 0 aliphatic carbocycles. The van der Waals surface area contributed by atoms with Crippen LogP contribution in [0.3, 0.4) is 0 Å². The summed E-state index contributed by atoms with van der Waals surface area (Å²) in [6.45, 7) is 1.10. The van der Waals surface area contributed by atoms with Gasteiger partial charge in [0, 0.05) is 3.57 Å². The van der Waals surface area contributed by atoms with Crippen molar-refractivity contribution in [3.8, 4) is 0 Å². The maximum Gasteiger partial charge on any atom is 0.417 e. The first-order chi connectivity index (χ1) is 6.73. The van der Waals surface area contributed by atoms with Crippen LogP contribution in [0.1, 0.15) is 22.8 Å². The molecule has 0 amide bonds. The Hall–Kier alpha value is -0.660. The Balaban J connectivity index is 3.39. The lowest BCUT2D eigenvalue weighted by Gasteiger charge is -2.10. The molecule has 6 heteroatoms. The summed E-state index contributed by atoms with van der Waals surface area (Å²) in [7, 11) is 0. The first-order valence-corrected chi connectivity index (χ1v) is 4.88. The highest BCUT2D eigenvalue weighted by atomic mass is 127. The topological polar surface area (TPSA) is 17.1 Å². The molecule has 0 aliphatic heterocycles. The highest BCUT2D eigenvalue weighted by Crippen LogP contribution is 2.34. The van der Waals surface area contributed by atoms with Gasteiger partial charge in [0.2, 0.25) is 0 Å². The number of rotatable bonds is 1. The van der Waals surface area contributed by atoms with E-state index in [1.165, 1.54) is 22.6 Å². The van der Waals surface area contributed by atoms with Crippen LogP contribution >= 0.6 is 22.6 Å². The number of hydrogen-bond acceptors (Lipinski definition) is 1. The van der Waals surface area contributed by atoms with E-state index >= 15 is 0 Å². The maximum atomic E-state index is 13.1. The van der Waals surface area contributed by atoms with Crippen molar-refractivity contribution in [3.05, 3.63) is 32.6 Å². The monoisotopic (exact) mass is 332 g/mol. The quantitative estimate of drug-likeness (QED) is 0.436. The van der Waals surface area contributed by atoms with Crippen molar-refractivity contribution in [2.45, 2.75) is 13.1 Å². The summed E-state index contributed by atoms with van der Waals surface area (Å²) in [6, 6.07) is 1.25. The van der Waals surface area contributed by atoms with Crippen molar-refractivity contribution in [2.75, 3.05) is 0 Å². The Kier molecular flexibility index (Phi) is 3.37. The first-order valence-electron chi connectivity index (χ1n) is 3.80. The van der Waals surface area contributed by atoms with Crippen molar-refractivity contribution in [3.63, 3.8) is 0 Å². The maximum absolute atomic E-state index is 13.1. The largest absolute Gasteiger partial charge is 0.417 e. The second-order valence-corrected chi connectivity index (χ2v) is 4.03. The summed E-state index contributed by atoms with van der Waals surface area (Å²) in [5.74, 6) is -1.74. The van der Waals surface area contributed by atoms with Gasteiger partial charge in [-0.3, -0.25) is 4.79 Å².